The zero-order valence-corrected chi connectivity index (χ0v) is 23.3. The van der Waals surface area contributed by atoms with E-state index in [9.17, 15) is 32.9 Å². The van der Waals surface area contributed by atoms with Crippen LogP contribution in [0.5, 0.6) is 11.5 Å². The van der Waals surface area contributed by atoms with Gasteiger partial charge in [0.1, 0.15) is 11.4 Å². The first-order chi connectivity index (χ1) is 17.3. The molecule has 37 heavy (non-hydrogen) atoms. The highest BCUT2D eigenvalue weighted by molar-refractivity contribution is 14.1. The van der Waals surface area contributed by atoms with E-state index in [4.69, 9.17) is 13.7 Å². The van der Waals surface area contributed by atoms with Gasteiger partial charge in [-0.05, 0) is 84.1 Å². The fraction of sp³-hybridized carbons (Fsp3) is 0.227. The molecule has 2 amide bonds. The van der Waals surface area contributed by atoms with Crippen LogP contribution in [0.4, 0.5) is 10.5 Å². The van der Waals surface area contributed by atoms with Crippen LogP contribution in [0.15, 0.2) is 46.2 Å². The third-order valence-corrected chi connectivity index (χ3v) is 7.55. The number of hydrogen-bond donors (Lipinski definition) is 0. The number of ether oxygens (including phenoxy) is 2. The van der Waals surface area contributed by atoms with E-state index in [0.29, 0.717) is 20.9 Å². The lowest BCUT2D eigenvalue weighted by Crippen LogP contribution is -2.35. The van der Waals surface area contributed by atoms with E-state index in [2.05, 4.69) is 0 Å². The van der Waals surface area contributed by atoms with Gasteiger partial charge in [-0.25, -0.2) is 0 Å². The molecule has 1 saturated heterocycles. The lowest BCUT2D eigenvalue weighted by Gasteiger charge is -2.14. The molecule has 0 radical (unpaired) electrons. The van der Waals surface area contributed by atoms with Crippen molar-refractivity contribution in [2.75, 3.05) is 13.7 Å². The van der Waals surface area contributed by atoms with E-state index >= 15 is 0 Å². The van der Waals surface area contributed by atoms with Crippen molar-refractivity contribution in [1.29, 1.82) is 0 Å². The number of methoxy groups -OCH3 is 1. The molecule has 0 aliphatic carbocycles. The Morgan fingerprint density at radius 3 is 2.43 bits per heavy atom. The molecule has 0 bridgehead atoms. The molecular weight excluding hydrogens is 643 g/mol. The van der Waals surface area contributed by atoms with Gasteiger partial charge in [-0.3, -0.25) is 29.4 Å². The standard InChI is InChI=1S/C22H19IN2O10S2/c1-12(2)34-19(26)11-24-21(27)18(36-22(24)28)10-13-8-16(23)20(17(9-13)33-3)35-37(31,32)15-6-4-14(5-7-15)25(29)30/h4-10,12H,11H2,1-3H3/b18-10-. The van der Waals surface area contributed by atoms with Crippen molar-refractivity contribution in [3.8, 4) is 11.5 Å². The third-order valence-electron chi connectivity index (χ3n) is 4.61. The molecule has 1 fully saturated rings. The molecule has 0 saturated carbocycles. The normalized spacial score (nSPS) is 14.8. The second kappa shape index (κ2) is 11.5. The summed E-state index contributed by atoms with van der Waals surface area (Å²) in [6.07, 6.45) is 1.00. The van der Waals surface area contributed by atoms with E-state index in [-0.39, 0.29) is 27.0 Å². The summed E-state index contributed by atoms with van der Waals surface area (Å²) < 4.78 is 41.3. The van der Waals surface area contributed by atoms with Crippen molar-refractivity contribution in [3.05, 3.63) is 60.6 Å². The summed E-state index contributed by atoms with van der Waals surface area (Å²) in [5, 5.41) is 10.2. The Morgan fingerprint density at radius 1 is 1.22 bits per heavy atom. The van der Waals surface area contributed by atoms with Gasteiger partial charge in [-0.1, -0.05) is 0 Å². The number of hydrogen-bond acceptors (Lipinski definition) is 11. The van der Waals surface area contributed by atoms with Crippen LogP contribution in [0, 0.1) is 13.7 Å². The number of nitrogens with zero attached hydrogens (tertiary/aromatic N) is 2. The Morgan fingerprint density at radius 2 is 1.86 bits per heavy atom. The van der Waals surface area contributed by atoms with Gasteiger partial charge in [-0.2, -0.15) is 8.42 Å². The number of amides is 2. The average Bonchev–Trinajstić information content (AvgIpc) is 3.07. The Balaban J connectivity index is 1.86. The van der Waals surface area contributed by atoms with Crippen LogP contribution in [-0.4, -0.2) is 55.1 Å². The fourth-order valence-corrected chi connectivity index (χ4v) is 5.69. The zero-order valence-electron chi connectivity index (χ0n) is 19.5. The first kappa shape index (κ1) is 28.4. The highest BCUT2D eigenvalue weighted by Gasteiger charge is 2.37. The van der Waals surface area contributed by atoms with Crippen LogP contribution < -0.4 is 8.92 Å². The minimum atomic E-state index is -4.37. The van der Waals surface area contributed by atoms with Gasteiger partial charge in [-0.15, -0.1) is 0 Å². The molecule has 2 aromatic rings. The van der Waals surface area contributed by atoms with Gasteiger partial charge in [0.05, 0.1) is 26.6 Å². The molecule has 2 aromatic carbocycles. The second-order valence-electron chi connectivity index (χ2n) is 7.63. The summed E-state index contributed by atoms with van der Waals surface area (Å²) in [4.78, 5) is 47.5. The van der Waals surface area contributed by atoms with Crippen LogP contribution in [-0.2, 0) is 24.4 Å². The van der Waals surface area contributed by atoms with Crippen LogP contribution in [0.1, 0.15) is 19.4 Å². The molecule has 0 N–H and O–H groups in total. The monoisotopic (exact) mass is 662 g/mol. The fourth-order valence-electron chi connectivity index (χ4n) is 3.01. The zero-order chi connectivity index (χ0) is 27.5. The van der Waals surface area contributed by atoms with E-state index < -0.39 is 44.8 Å². The maximum Gasteiger partial charge on any atom is 0.339 e. The van der Waals surface area contributed by atoms with Crippen LogP contribution in [0.25, 0.3) is 6.08 Å². The van der Waals surface area contributed by atoms with Gasteiger partial charge < -0.3 is 13.7 Å². The number of non-ortho nitro benzene ring substituents is 1. The number of halogens is 1. The number of rotatable bonds is 9. The number of benzene rings is 2. The van der Waals surface area contributed by atoms with E-state index in [1.165, 1.54) is 25.3 Å². The maximum atomic E-state index is 12.7. The summed E-state index contributed by atoms with van der Waals surface area (Å²) in [5.41, 5.74) is 0.119. The minimum absolute atomic E-state index is 0.0170. The number of nitro benzene ring substituents is 1. The average molecular weight is 662 g/mol. The summed E-state index contributed by atoms with van der Waals surface area (Å²) in [7, 11) is -3.08. The van der Waals surface area contributed by atoms with Gasteiger partial charge in [0.2, 0.25) is 0 Å². The van der Waals surface area contributed by atoms with E-state index in [1.54, 1.807) is 13.8 Å². The Bertz CT molecular complexity index is 1410. The van der Waals surface area contributed by atoms with Gasteiger partial charge in [0.15, 0.2) is 11.5 Å². The molecule has 0 aromatic heterocycles. The molecule has 196 valence electrons. The van der Waals surface area contributed by atoms with Crippen molar-refractivity contribution < 1.29 is 41.4 Å². The molecule has 1 heterocycles. The molecule has 12 nitrogen and oxygen atoms in total. The minimum Gasteiger partial charge on any atom is -0.493 e. The summed E-state index contributed by atoms with van der Waals surface area (Å²) in [6.45, 7) is 2.77. The Kier molecular flexibility index (Phi) is 8.80. The molecule has 0 unspecified atom stereocenters. The maximum absolute atomic E-state index is 12.7. The number of carbonyl (C=O) groups excluding carboxylic acids is 3. The molecule has 1 aliphatic rings. The van der Waals surface area contributed by atoms with E-state index in [1.807, 2.05) is 22.6 Å². The molecule has 15 heteroatoms. The number of esters is 1. The van der Waals surface area contributed by atoms with Crippen molar-refractivity contribution in [1.82, 2.24) is 4.90 Å². The Hall–Kier alpha value is -3.18. The van der Waals surface area contributed by atoms with Crippen molar-refractivity contribution in [2.24, 2.45) is 0 Å². The SMILES string of the molecule is COc1cc(/C=C2\SC(=O)N(CC(=O)OC(C)C)C2=O)cc(I)c1OS(=O)(=O)c1ccc([N+](=O)[O-])cc1. The van der Waals surface area contributed by atoms with Crippen molar-refractivity contribution in [2.45, 2.75) is 24.8 Å². The lowest BCUT2D eigenvalue weighted by atomic mass is 10.2. The first-order valence-corrected chi connectivity index (χ1v) is 13.6. The van der Waals surface area contributed by atoms with Gasteiger partial charge in [0.25, 0.3) is 16.8 Å². The molecule has 0 atom stereocenters. The summed E-state index contributed by atoms with van der Waals surface area (Å²) in [6, 6.07) is 7.09. The number of thioether (sulfide) groups is 1. The topological polar surface area (TPSA) is 159 Å². The van der Waals surface area contributed by atoms with Gasteiger partial charge >= 0.3 is 16.1 Å². The summed E-state index contributed by atoms with van der Waals surface area (Å²) >= 11 is 2.46. The highest BCUT2D eigenvalue weighted by Crippen LogP contribution is 2.38. The van der Waals surface area contributed by atoms with Gasteiger partial charge in [0, 0.05) is 12.1 Å². The van der Waals surface area contributed by atoms with Crippen LogP contribution in [0.3, 0.4) is 0 Å². The predicted molar refractivity (Wildman–Crippen MR) is 141 cm³/mol. The number of nitro groups is 1. The molecule has 0 spiro atoms. The Labute approximate surface area is 229 Å². The van der Waals surface area contributed by atoms with Crippen molar-refractivity contribution >= 4 is 73.3 Å². The third kappa shape index (κ3) is 6.78. The predicted octanol–water partition coefficient (Wildman–Crippen LogP) is 3.96. The van der Waals surface area contributed by atoms with Crippen LogP contribution >= 0.6 is 34.4 Å². The number of carbonyl (C=O) groups is 3. The van der Waals surface area contributed by atoms with Crippen molar-refractivity contribution in [3.63, 3.8) is 0 Å². The van der Waals surface area contributed by atoms with E-state index in [0.717, 1.165) is 29.2 Å². The first-order valence-electron chi connectivity index (χ1n) is 10.3. The smallest absolute Gasteiger partial charge is 0.339 e. The quantitative estimate of drug-likeness (QED) is 0.0955. The largest absolute Gasteiger partial charge is 0.493 e. The number of imide groups is 1. The second-order valence-corrected chi connectivity index (χ2v) is 11.3. The molecule has 1 aliphatic heterocycles. The van der Waals surface area contributed by atoms with Crippen LogP contribution in [0.2, 0.25) is 0 Å². The summed E-state index contributed by atoms with van der Waals surface area (Å²) in [5.74, 6) is -1.51. The molecule has 3 rings (SSSR count). The lowest BCUT2D eigenvalue weighted by molar-refractivity contribution is -0.384. The molecular formula is C22H19IN2O10S2. The highest BCUT2D eigenvalue weighted by atomic mass is 127.